The summed E-state index contributed by atoms with van der Waals surface area (Å²) in [5.74, 6) is 0.280. The number of carbonyl (C=O) groups is 1. The van der Waals surface area contributed by atoms with Crippen LogP contribution >= 0.6 is 11.3 Å². The molecule has 0 N–H and O–H groups in total. The van der Waals surface area contributed by atoms with Gasteiger partial charge in [0.05, 0.1) is 0 Å². The Balaban J connectivity index is 1.87. The summed E-state index contributed by atoms with van der Waals surface area (Å²) in [7, 11) is 1.65. The molecule has 0 spiro atoms. The van der Waals surface area contributed by atoms with E-state index in [1.54, 1.807) is 18.4 Å². The van der Waals surface area contributed by atoms with Crippen molar-refractivity contribution in [1.29, 1.82) is 0 Å². The van der Waals surface area contributed by atoms with Gasteiger partial charge in [-0.2, -0.15) is 11.3 Å². The van der Waals surface area contributed by atoms with E-state index < -0.39 is 5.60 Å². The molecule has 15 heavy (non-hydrogen) atoms. The molecule has 1 aromatic rings. The van der Waals surface area contributed by atoms with Gasteiger partial charge < -0.3 is 4.74 Å². The Morgan fingerprint density at radius 3 is 2.87 bits per heavy atom. The molecule has 2 rings (SSSR count). The van der Waals surface area contributed by atoms with E-state index in [0.717, 1.165) is 25.7 Å². The van der Waals surface area contributed by atoms with Gasteiger partial charge in [-0.15, -0.1) is 0 Å². The third kappa shape index (κ3) is 2.13. The number of methoxy groups -OCH3 is 1. The molecule has 1 aromatic heterocycles. The molecule has 1 aliphatic carbocycles. The van der Waals surface area contributed by atoms with Crippen molar-refractivity contribution in [3.05, 3.63) is 22.4 Å². The topological polar surface area (TPSA) is 26.3 Å². The molecular formula is C12H16O2S. The van der Waals surface area contributed by atoms with E-state index in [1.165, 1.54) is 5.56 Å². The van der Waals surface area contributed by atoms with E-state index in [4.69, 9.17) is 4.74 Å². The van der Waals surface area contributed by atoms with Crippen LogP contribution in [0.2, 0.25) is 0 Å². The Kier molecular flexibility index (Phi) is 3.22. The minimum absolute atomic E-state index is 0.280. The normalized spacial score (nSPS) is 18.5. The van der Waals surface area contributed by atoms with Gasteiger partial charge in [0.2, 0.25) is 0 Å². The molecular weight excluding hydrogens is 208 g/mol. The summed E-state index contributed by atoms with van der Waals surface area (Å²) >= 11 is 1.68. The maximum atomic E-state index is 12.0. The lowest BCUT2D eigenvalue weighted by molar-refractivity contribution is -0.151. The predicted molar refractivity (Wildman–Crippen MR) is 61.2 cm³/mol. The van der Waals surface area contributed by atoms with Crippen LogP contribution in [0, 0.1) is 0 Å². The van der Waals surface area contributed by atoms with Crippen LogP contribution in [0.15, 0.2) is 16.8 Å². The lowest BCUT2D eigenvalue weighted by Crippen LogP contribution is -2.47. The van der Waals surface area contributed by atoms with Gasteiger partial charge >= 0.3 is 0 Å². The van der Waals surface area contributed by atoms with Crippen LogP contribution in [-0.4, -0.2) is 18.5 Å². The van der Waals surface area contributed by atoms with Crippen molar-refractivity contribution in [2.24, 2.45) is 0 Å². The quantitative estimate of drug-likeness (QED) is 0.768. The molecule has 0 radical (unpaired) electrons. The second-order valence-electron chi connectivity index (χ2n) is 4.11. The highest BCUT2D eigenvalue weighted by molar-refractivity contribution is 7.07. The van der Waals surface area contributed by atoms with Crippen molar-refractivity contribution in [3.8, 4) is 0 Å². The van der Waals surface area contributed by atoms with Crippen LogP contribution in [0.5, 0.6) is 0 Å². The van der Waals surface area contributed by atoms with Crippen molar-refractivity contribution in [1.82, 2.24) is 0 Å². The minimum Gasteiger partial charge on any atom is -0.370 e. The molecule has 0 unspecified atom stereocenters. The molecule has 1 heterocycles. The fraction of sp³-hybridized carbons (Fsp3) is 0.583. The van der Waals surface area contributed by atoms with Crippen LogP contribution < -0.4 is 0 Å². The number of Topliss-reactive ketones (excluding diaryl/α,β-unsaturated/α-hetero) is 1. The minimum atomic E-state index is -0.421. The number of hydrogen-bond donors (Lipinski definition) is 0. The zero-order valence-electron chi connectivity index (χ0n) is 8.99. The van der Waals surface area contributed by atoms with Gasteiger partial charge in [-0.25, -0.2) is 0 Å². The SMILES string of the molecule is COC1(C(=O)CCc2ccsc2)CCC1. The molecule has 0 saturated heterocycles. The monoisotopic (exact) mass is 224 g/mol. The fourth-order valence-electron chi connectivity index (χ4n) is 2.02. The number of ether oxygens (including phenoxy) is 1. The van der Waals surface area contributed by atoms with Crippen molar-refractivity contribution in [3.63, 3.8) is 0 Å². The summed E-state index contributed by atoms with van der Waals surface area (Å²) in [4.78, 5) is 12.0. The molecule has 1 fully saturated rings. The highest BCUT2D eigenvalue weighted by atomic mass is 32.1. The Bertz CT molecular complexity index is 320. The van der Waals surface area contributed by atoms with Gasteiger partial charge in [0.25, 0.3) is 0 Å². The van der Waals surface area contributed by atoms with Crippen LogP contribution in [0.3, 0.4) is 0 Å². The average molecular weight is 224 g/mol. The lowest BCUT2D eigenvalue weighted by Gasteiger charge is -2.38. The van der Waals surface area contributed by atoms with Gasteiger partial charge in [-0.05, 0) is 48.1 Å². The number of thiophene rings is 1. The molecule has 1 aliphatic rings. The maximum Gasteiger partial charge on any atom is 0.164 e. The standard InChI is InChI=1S/C12H16O2S/c1-14-12(6-2-7-12)11(13)4-3-10-5-8-15-9-10/h5,8-9H,2-4,6-7H2,1H3. The van der Waals surface area contributed by atoms with Crippen LogP contribution in [0.25, 0.3) is 0 Å². The second-order valence-corrected chi connectivity index (χ2v) is 4.89. The highest BCUT2D eigenvalue weighted by Gasteiger charge is 2.43. The van der Waals surface area contributed by atoms with Crippen molar-refractivity contribution in [2.75, 3.05) is 7.11 Å². The largest absolute Gasteiger partial charge is 0.370 e. The van der Waals surface area contributed by atoms with Gasteiger partial charge in [0.1, 0.15) is 5.60 Å². The van der Waals surface area contributed by atoms with E-state index >= 15 is 0 Å². The molecule has 0 bridgehead atoms. The number of ketones is 1. The third-order valence-electron chi connectivity index (χ3n) is 3.28. The summed E-state index contributed by atoms with van der Waals surface area (Å²) in [6, 6.07) is 2.08. The predicted octanol–water partition coefficient (Wildman–Crippen LogP) is 2.82. The smallest absolute Gasteiger partial charge is 0.164 e. The average Bonchev–Trinajstić information content (AvgIpc) is 2.66. The Labute approximate surface area is 94.3 Å². The molecule has 2 nitrogen and oxygen atoms in total. The van der Waals surface area contributed by atoms with Crippen LogP contribution in [0.4, 0.5) is 0 Å². The van der Waals surface area contributed by atoms with E-state index in [0.29, 0.717) is 6.42 Å². The summed E-state index contributed by atoms with van der Waals surface area (Å²) < 4.78 is 5.36. The molecule has 0 aromatic carbocycles. The summed E-state index contributed by atoms with van der Waals surface area (Å²) in [5.41, 5.74) is 0.842. The third-order valence-corrected chi connectivity index (χ3v) is 4.01. The van der Waals surface area contributed by atoms with E-state index in [2.05, 4.69) is 16.8 Å². The van der Waals surface area contributed by atoms with E-state index in [9.17, 15) is 4.79 Å². The molecule has 0 atom stereocenters. The molecule has 1 saturated carbocycles. The first-order valence-corrected chi connectivity index (χ1v) is 6.31. The first-order chi connectivity index (χ1) is 7.27. The molecule has 0 amide bonds. The first-order valence-electron chi connectivity index (χ1n) is 5.36. The fourth-order valence-corrected chi connectivity index (χ4v) is 2.72. The van der Waals surface area contributed by atoms with Crippen molar-refractivity contribution < 1.29 is 9.53 Å². The number of aryl methyl sites for hydroxylation is 1. The number of carbonyl (C=O) groups excluding carboxylic acids is 1. The van der Waals surface area contributed by atoms with Crippen molar-refractivity contribution >= 4 is 17.1 Å². The Hall–Kier alpha value is -0.670. The van der Waals surface area contributed by atoms with Gasteiger partial charge in [0.15, 0.2) is 5.78 Å². The summed E-state index contributed by atoms with van der Waals surface area (Å²) in [5, 5.41) is 4.16. The maximum absolute atomic E-state index is 12.0. The molecule has 82 valence electrons. The zero-order chi connectivity index (χ0) is 10.7. The molecule has 3 heteroatoms. The van der Waals surface area contributed by atoms with Gasteiger partial charge in [0, 0.05) is 13.5 Å². The first kappa shape index (κ1) is 10.8. The van der Waals surface area contributed by atoms with Gasteiger partial charge in [-0.3, -0.25) is 4.79 Å². The van der Waals surface area contributed by atoms with Gasteiger partial charge in [-0.1, -0.05) is 0 Å². The zero-order valence-corrected chi connectivity index (χ0v) is 9.81. The lowest BCUT2D eigenvalue weighted by atomic mass is 9.75. The van der Waals surface area contributed by atoms with E-state index in [-0.39, 0.29) is 5.78 Å². The molecule has 0 aliphatic heterocycles. The van der Waals surface area contributed by atoms with E-state index in [1.807, 2.05) is 0 Å². The van der Waals surface area contributed by atoms with Crippen LogP contribution in [-0.2, 0) is 16.0 Å². The second kappa shape index (κ2) is 4.45. The van der Waals surface area contributed by atoms with Crippen LogP contribution in [0.1, 0.15) is 31.2 Å². The summed E-state index contributed by atoms with van der Waals surface area (Å²) in [6.45, 7) is 0. The van der Waals surface area contributed by atoms with Crippen molar-refractivity contribution in [2.45, 2.75) is 37.7 Å². The number of rotatable bonds is 5. The Morgan fingerprint density at radius 1 is 1.60 bits per heavy atom. The summed E-state index contributed by atoms with van der Waals surface area (Å²) in [6.07, 6.45) is 4.41. The number of hydrogen-bond acceptors (Lipinski definition) is 3. The Morgan fingerprint density at radius 2 is 2.40 bits per heavy atom. The highest BCUT2D eigenvalue weighted by Crippen LogP contribution is 2.36.